The first-order valence-corrected chi connectivity index (χ1v) is 8.64. The Bertz CT molecular complexity index is 963. The Balaban J connectivity index is 1.87. The molecule has 0 atom stereocenters. The van der Waals surface area contributed by atoms with Crippen LogP contribution in [-0.2, 0) is 0 Å². The van der Waals surface area contributed by atoms with Gasteiger partial charge in [0.15, 0.2) is 0 Å². The molecule has 0 unspecified atom stereocenters. The number of rotatable bonds is 0. The standard InChI is InChI=1S/C22H19NO/c1-2-6-17-15(5-1)9-10-20-22(17)21(16-11-13-23-14-12-16)18-7-3-4-8-19(18)24-20/h1-10,23H,11-14H2. The summed E-state index contributed by atoms with van der Waals surface area (Å²) in [6.07, 6.45) is 2.21. The third kappa shape index (κ3) is 2.07. The predicted octanol–water partition coefficient (Wildman–Crippen LogP) is 5.13. The van der Waals surface area contributed by atoms with Crippen LogP contribution in [0.1, 0.15) is 24.0 Å². The lowest BCUT2D eigenvalue weighted by atomic mass is 9.84. The van der Waals surface area contributed by atoms with E-state index in [0.29, 0.717) is 0 Å². The largest absolute Gasteiger partial charge is 0.456 e. The van der Waals surface area contributed by atoms with E-state index in [1.54, 1.807) is 5.57 Å². The van der Waals surface area contributed by atoms with Gasteiger partial charge in [-0.05, 0) is 54.4 Å². The molecule has 2 nitrogen and oxygen atoms in total. The fourth-order valence-corrected chi connectivity index (χ4v) is 3.96. The van der Waals surface area contributed by atoms with Gasteiger partial charge in [-0.2, -0.15) is 0 Å². The first-order chi connectivity index (χ1) is 11.9. The summed E-state index contributed by atoms with van der Waals surface area (Å²) in [4.78, 5) is 0. The van der Waals surface area contributed by atoms with Crippen LogP contribution in [0, 0.1) is 0 Å². The summed E-state index contributed by atoms with van der Waals surface area (Å²) in [5.74, 6) is 1.95. The van der Waals surface area contributed by atoms with Gasteiger partial charge in [0.2, 0.25) is 0 Å². The van der Waals surface area contributed by atoms with Crippen molar-refractivity contribution in [2.24, 2.45) is 0 Å². The van der Waals surface area contributed by atoms with Gasteiger partial charge in [-0.25, -0.2) is 0 Å². The van der Waals surface area contributed by atoms with Crippen LogP contribution in [0.4, 0.5) is 0 Å². The van der Waals surface area contributed by atoms with Crippen molar-refractivity contribution < 1.29 is 4.74 Å². The molecule has 1 N–H and O–H groups in total. The van der Waals surface area contributed by atoms with Crippen LogP contribution in [0.3, 0.4) is 0 Å². The van der Waals surface area contributed by atoms with Crippen molar-refractivity contribution in [3.8, 4) is 11.5 Å². The number of benzene rings is 3. The minimum absolute atomic E-state index is 0.973. The second-order valence-corrected chi connectivity index (χ2v) is 6.49. The summed E-state index contributed by atoms with van der Waals surface area (Å²) in [6.45, 7) is 2.11. The summed E-state index contributed by atoms with van der Waals surface area (Å²) in [5.41, 5.74) is 5.44. The molecule has 2 aliphatic heterocycles. The molecule has 0 aromatic heterocycles. The number of fused-ring (bicyclic) bond motifs is 4. The summed E-state index contributed by atoms with van der Waals surface area (Å²) < 4.78 is 6.26. The molecule has 0 amide bonds. The van der Waals surface area contributed by atoms with Gasteiger partial charge in [-0.15, -0.1) is 0 Å². The monoisotopic (exact) mass is 313 g/mol. The first kappa shape index (κ1) is 13.8. The molecular formula is C22H19NO. The van der Waals surface area contributed by atoms with Crippen molar-refractivity contribution in [2.75, 3.05) is 13.1 Å². The highest BCUT2D eigenvalue weighted by atomic mass is 16.5. The third-order valence-electron chi connectivity index (χ3n) is 5.08. The normalized spacial score (nSPS) is 16.5. The lowest BCUT2D eigenvalue weighted by Crippen LogP contribution is -2.24. The average Bonchev–Trinajstić information content (AvgIpc) is 2.66. The molecule has 1 fully saturated rings. The number of hydrogen-bond acceptors (Lipinski definition) is 2. The van der Waals surface area contributed by atoms with Gasteiger partial charge in [0.05, 0.1) is 0 Å². The van der Waals surface area contributed by atoms with E-state index < -0.39 is 0 Å². The Morgan fingerprint density at radius 1 is 0.750 bits per heavy atom. The molecule has 118 valence electrons. The molecule has 1 saturated heterocycles. The smallest absolute Gasteiger partial charge is 0.135 e. The number of ether oxygens (including phenoxy) is 1. The summed E-state index contributed by atoms with van der Waals surface area (Å²) in [5, 5.41) is 6.03. The van der Waals surface area contributed by atoms with Crippen molar-refractivity contribution in [1.29, 1.82) is 0 Å². The SMILES string of the molecule is c1ccc2c(c1)Oc1ccc3ccccc3c1C2=C1CCNCC1. The molecule has 0 bridgehead atoms. The fourth-order valence-electron chi connectivity index (χ4n) is 3.96. The predicted molar refractivity (Wildman–Crippen MR) is 98.6 cm³/mol. The molecule has 2 heteroatoms. The van der Waals surface area contributed by atoms with Crippen molar-refractivity contribution >= 4 is 16.3 Å². The van der Waals surface area contributed by atoms with Crippen LogP contribution in [0.5, 0.6) is 11.5 Å². The van der Waals surface area contributed by atoms with Gasteiger partial charge < -0.3 is 10.1 Å². The lowest BCUT2D eigenvalue weighted by molar-refractivity contribution is 0.474. The quantitative estimate of drug-likeness (QED) is 0.486. The summed E-state index contributed by atoms with van der Waals surface area (Å²) in [6, 6.07) is 21.3. The highest BCUT2D eigenvalue weighted by Crippen LogP contribution is 2.48. The lowest BCUT2D eigenvalue weighted by Gasteiger charge is -2.28. The van der Waals surface area contributed by atoms with Gasteiger partial charge in [-0.3, -0.25) is 0 Å². The van der Waals surface area contributed by atoms with Crippen LogP contribution in [0.15, 0.2) is 66.2 Å². The molecule has 2 heterocycles. The molecule has 3 aromatic carbocycles. The van der Waals surface area contributed by atoms with Crippen molar-refractivity contribution in [3.05, 3.63) is 77.4 Å². The van der Waals surface area contributed by atoms with Crippen LogP contribution in [-0.4, -0.2) is 13.1 Å². The second kappa shape index (κ2) is 5.50. The van der Waals surface area contributed by atoms with E-state index in [1.807, 2.05) is 0 Å². The van der Waals surface area contributed by atoms with E-state index in [-0.39, 0.29) is 0 Å². The van der Waals surface area contributed by atoms with E-state index in [4.69, 9.17) is 4.74 Å². The van der Waals surface area contributed by atoms with Crippen LogP contribution in [0.2, 0.25) is 0 Å². The Labute approximate surface area is 141 Å². The van der Waals surface area contributed by atoms with Crippen molar-refractivity contribution in [1.82, 2.24) is 5.32 Å². The van der Waals surface area contributed by atoms with Gasteiger partial charge >= 0.3 is 0 Å². The molecular weight excluding hydrogens is 294 g/mol. The van der Waals surface area contributed by atoms with Crippen LogP contribution >= 0.6 is 0 Å². The van der Waals surface area contributed by atoms with Crippen molar-refractivity contribution in [2.45, 2.75) is 12.8 Å². The highest BCUT2D eigenvalue weighted by Gasteiger charge is 2.26. The Hall–Kier alpha value is -2.58. The molecule has 3 aromatic rings. The van der Waals surface area contributed by atoms with E-state index in [2.05, 4.69) is 66.0 Å². The molecule has 0 spiro atoms. The van der Waals surface area contributed by atoms with Crippen molar-refractivity contribution in [3.63, 3.8) is 0 Å². The first-order valence-electron chi connectivity index (χ1n) is 8.64. The molecule has 0 aliphatic carbocycles. The topological polar surface area (TPSA) is 21.3 Å². The van der Waals surface area contributed by atoms with Gasteiger partial charge in [0, 0.05) is 11.1 Å². The summed E-state index contributed by atoms with van der Waals surface area (Å²) >= 11 is 0. The fraction of sp³-hybridized carbons (Fsp3) is 0.182. The number of nitrogens with one attached hydrogen (secondary N) is 1. The Kier molecular flexibility index (Phi) is 3.17. The third-order valence-corrected chi connectivity index (χ3v) is 5.08. The van der Waals surface area contributed by atoms with E-state index in [1.165, 1.54) is 27.5 Å². The van der Waals surface area contributed by atoms with Gasteiger partial charge in [0.25, 0.3) is 0 Å². The zero-order valence-electron chi connectivity index (χ0n) is 13.5. The van der Waals surface area contributed by atoms with Gasteiger partial charge in [-0.1, -0.05) is 54.1 Å². The highest BCUT2D eigenvalue weighted by molar-refractivity contribution is 6.03. The zero-order chi connectivity index (χ0) is 15.9. The van der Waals surface area contributed by atoms with Crippen LogP contribution in [0.25, 0.3) is 16.3 Å². The van der Waals surface area contributed by atoms with Gasteiger partial charge in [0.1, 0.15) is 11.5 Å². The minimum Gasteiger partial charge on any atom is -0.456 e. The number of piperidine rings is 1. The molecule has 0 radical (unpaired) electrons. The Morgan fingerprint density at radius 3 is 2.46 bits per heavy atom. The van der Waals surface area contributed by atoms with E-state index in [0.717, 1.165) is 37.4 Å². The zero-order valence-corrected chi connectivity index (χ0v) is 13.5. The van der Waals surface area contributed by atoms with E-state index in [9.17, 15) is 0 Å². The minimum atomic E-state index is 0.973. The summed E-state index contributed by atoms with van der Waals surface area (Å²) in [7, 11) is 0. The number of para-hydroxylation sites is 1. The Morgan fingerprint density at radius 2 is 1.54 bits per heavy atom. The maximum absolute atomic E-state index is 6.26. The maximum Gasteiger partial charge on any atom is 0.135 e. The second-order valence-electron chi connectivity index (χ2n) is 6.49. The molecule has 2 aliphatic rings. The number of hydrogen-bond donors (Lipinski definition) is 1. The molecule has 5 rings (SSSR count). The van der Waals surface area contributed by atoms with Crippen LogP contribution < -0.4 is 10.1 Å². The average molecular weight is 313 g/mol. The van der Waals surface area contributed by atoms with E-state index >= 15 is 0 Å². The molecule has 24 heavy (non-hydrogen) atoms. The molecule has 0 saturated carbocycles. The maximum atomic E-state index is 6.26.